The second-order valence-electron chi connectivity index (χ2n) is 4.95. The first-order valence-corrected chi connectivity index (χ1v) is 8.60. The second-order valence-corrected chi connectivity index (χ2v) is 6.42. The number of carboxylic acids is 1. The summed E-state index contributed by atoms with van der Waals surface area (Å²) in [5, 5.41) is 10.5. The third-order valence-corrected chi connectivity index (χ3v) is 4.78. The van der Waals surface area contributed by atoms with Crippen LogP contribution in [0.4, 0.5) is 0 Å². The van der Waals surface area contributed by atoms with E-state index in [-0.39, 0.29) is 6.42 Å². The summed E-state index contributed by atoms with van der Waals surface area (Å²) in [5.41, 5.74) is 1.94. The van der Waals surface area contributed by atoms with Crippen molar-refractivity contribution >= 4 is 29.3 Å². The van der Waals surface area contributed by atoms with Crippen molar-refractivity contribution in [3.63, 3.8) is 0 Å². The smallest absolute Gasteiger partial charge is 0.303 e. The fourth-order valence-electron chi connectivity index (χ4n) is 2.10. The van der Waals surface area contributed by atoms with Crippen LogP contribution in [-0.4, -0.2) is 26.4 Å². The highest BCUT2D eigenvalue weighted by Gasteiger charge is 2.13. The number of hydrogen-bond acceptors (Lipinski definition) is 3. The van der Waals surface area contributed by atoms with Gasteiger partial charge in [0.15, 0.2) is 5.16 Å². The molecule has 4 nitrogen and oxygen atoms in total. The molecule has 0 amide bonds. The molecule has 0 spiro atoms. The fourth-order valence-corrected chi connectivity index (χ4v) is 3.15. The van der Waals surface area contributed by atoms with E-state index < -0.39 is 5.97 Å². The molecule has 1 aromatic carbocycles. The van der Waals surface area contributed by atoms with Crippen molar-refractivity contribution in [1.82, 2.24) is 9.55 Å². The van der Waals surface area contributed by atoms with Gasteiger partial charge >= 0.3 is 5.97 Å². The predicted molar refractivity (Wildman–Crippen MR) is 89.8 cm³/mol. The number of halogens is 1. The monoisotopic (exact) mass is 338 g/mol. The summed E-state index contributed by atoms with van der Waals surface area (Å²) in [6.45, 7) is 2.74. The Balaban J connectivity index is 2.26. The third kappa shape index (κ3) is 4.52. The van der Waals surface area contributed by atoms with Gasteiger partial charge in [-0.3, -0.25) is 4.79 Å². The van der Waals surface area contributed by atoms with E-state index in [0.717, 1.165) is 28.6 Å². The van der Waals surface area contributed by atoms with Crippen molar-refractivity contribution in [2.75, 3.05) is 5.75 Å². The van der Waals surface area contributed by atoms with Crippen molar-refractivity contribution < 1.29 is 9.90 Å². The van der Waals surface area contributed by atoms with Gasteiger partial charge in [-0.25, -0.2) is 4.98 Å². The van der Waals surface area contributed by atoms with Crippen molar-refractivity contribution in [1.29, 1.82) is 0 Å². The molecule has 0 atom stereocenters. The molecule has 22 heavy (non-hydrogen) atoms. The molecule has 0 aliphatic rings. The third-order valence-electron chi connectivity index (χ3n) is 3.22. The van der Waals surface area contributed by atoms with Crippen LogP contribution in [0, 0.1) is 0 Å². The van der Waals surface area contributed by atoms with Crippen LogP contribution >= 0.6 is 23.4 Å². The van der Waals surface area contributed by atoms with Crippen LogP contribution in [0.2, 0.25) is 5.02 Å². The molecular formula is C16H19ClN2O2S. The van der Waals surface area contributed by atoms with Crippen molar-refractivity contribution in [2.45, 2.75) is 37.9 Å². The quantitative estimate of drug-likeness (QED) is 0.736. The van der Waals surface area contributed by atoms with Crippen LogP contribution in [0.5, 0.6) is 0 Å². The molecule has 0 bridgehead atoms. The minimum absolute atomic E-state index is 0.103. The van der Waals surface area contributed by atoms with E-state index in [1.54, 1.807) is 18.0 Å². The van der Waals surface area contributed by atoms with Crippen LogP contribution in [0.25, 0.3) is 0 Å². The first-order chi connectivity index (χ1) is 10.6. The summed E-state index contributed by atoms with van der Waals surface area (Å²) < 4.78 is 2.07. The van der Waals surface area contributed by atoms with E-state index >= 15 is 0 Å². The Morgan fingerprint density at radius 1 is 1.41 bits per heavy atom. The van der Waals surface area contributed by atoms with Gasteiger partial charge < -0.3 is 9.67 Å². The number of carboxylic acid groups (broad SMARTS) is 1. The molecule has 6 heteroatoms. The summed E-state index contributed by atoms with van der Waals surface area (Å²) in [4.78, 5) is 15.3. The highest BCUT2D eigenvalue weighted by Crippen LogP contribution is 2.24. The molecule has 0 fully saturated rings. The molecule has 0 saturated heterocycles. The SMILES string of the molecule is CCCSc1ncc(CCC(=O)O)n1Cc1ccccc1Cl. The topological polar surface area (TPSA) is 55.1 Å². The van der Waals surface area contributed by atoms with Gasteiger partial charge in [-0.2, -0.15) is 0 Å². The summed E-state index contributed by atoms with van der Waals surface area (Å²) in [7, 11) is 0. The number of aromatic nitrogens is 2. The first kappa shape index (κ1) is 16.9. The standard InChI is InChI=1S/C16H19ClN2O2S/c1-2-9-22-16-18-10-13(7-8-15(20)21)19(16)11-12-5-3-4-6-14(12)17/h3-6,10H,2,7-9,11H2,1H3,(H,20,21). The number of aliphatic carboxylic acids is 1. The van der Waals surface area contributed by atoms with Crippen LogP contribution in [0.15, 0.2) is 35.6 Å². The van der Waals surface area contributed by atoms with Gasteiger partial charge in [-0.15, -0.1) is 0 Å². The Morgan fingerprint density at radius 2 is 2.18 bits per heavy atom. The number of carbonyl (C=O) groups is 1. The van der Waals surface area contributed by atoms with Gasteiger partial charge in [0.2, 0.25) is 0 Å². The van der Waals surface area contributed by atoms with Crippen LogP contribution in [-0.2, 0) is 17.8 Å². The van der Waals surface area contributed by atoms with Gasteiger partial charge in [-0.1, -0.05) is 48.5 Å². The highest BCUT2D eigenvalue weighted by molar-refractivity contribution is 7.99. The fraction of sp³-hybridized carbons (Fsp3) is 0.375. The molecule has 118 valence electrons. The number of hydrogen-bond donors (Lipinski definition) is 1. The van der Waals surface area contributed by atoms with Crippen LogP contribution in [0.3, 0.4) is 0 Å². The molecule has 2 aromatic rings. The second kappa shape index (κ2) is 8.25. The van der Waals surface area contributed by atoms with Gasteiger partial charge in [0.05, 0.1) is 13.0 Å². The van der Waals surface area contributed by atoms with Crippen molar-refractivity contribution in [3.05, 3.63) is 46.7 Å². The molecular weight excluding hydrogens is 320 g/mol. The van der Waals surface area contributed by atoms with Crippen molar-refractivity contribution in [2.24, 2.45) is 0 Å². The Hall–Kier alpha value is -1.46. The summed E-state index contributed by atoms with van der Waals surface area (Å²) >= 11 is 7.93. The van der Waals surface area contributed by atoms with Crippen molar-refractivity contribution in [3.8, 4) is 0 Å². The molecule has 1 aromatic heterocycles. The van der Waals surface area contributed by atoms with Gasteiger partial charge in [0, 0.05) is 22.7 Å². The zero-order valence-corrected chi connectivity index (χ0v) is 14.0. The van der Waals surface area contributed by atoms with Gasteiger partial charge in [-0.05, 0) is 24.5 Å². The minimum Gasteiger partial charge on any atom is -0.481 e. The van der Waals surface area contributed by atoms with E-state index in [4.69, 9.17) is 16.7 Å². The number of imidazole rings is 1. The predicted octanol–water partition coefficient (Wildman–Crippen LogP) is 4.10. The van der Waals surface area contributed by atoms with E-state index in [9.17, 15) is 4.79 Å². The van der Waals surface area contributed by atoms with Gasteiger partial charge in [0.1, 0.15) is 0 Å². The highest BCUT2D eigenvalue weighted by atomic mass is 35.5. The lowest BCUT2D eigenvalue weighted by molar-refractivity contribution is -0.136. The number of aryl methyl sites for hydroxylation is 1. The minimum atomic E-state index is -0.798. The normalized spacial score (nSPS) is 10.8. The zero-order valence-electron chi connectivity index (χ0n) is 12.5. The number of rotatable bonds is 8. The largest absolute Gasteiger partial charge is 0.481 e. The van der Waals surface area contributed by atoms with E-state index in [0.29, 0.717) is 18.0 Å². The summed E-state index contributed by atoms with van der Waals surface area (Å²) in [6, 6.07) is 7.70. The maximum absolute atomic E-state index is 10.8. The number of benzene rings is 1. The average molecular weight is 339 g/mol. The molecule has 2 rings (SSSR count). The van der Waals surface area contributed by atoms with Crippen LogP contribution < -0.4 is 0 Å². The van der Waals surface area contributed by atoms with Crippen LogP contribution in [0.1, 0.15) is 31.0 Å². The van der Waals surface area contributed by atoms with E-state index in [1.165, 1.54) is 0 Å². The molecule has 0 aliphatic carbocycles. The zero-order chi connectivity index (χ0) is 15.9. The lowest BCUT2D eigenvalue weighted by atomic mass is 10.2. The summed E-state index contributed by atoms with van der Waals surface area (Å²) in [5.74, 6) is 0.186. The Kier molecular flexibility index (Phi) is 6.34. The number of thioether (sulfide) groups is 1. The Bertz CT molecular complexity index is 643. The molecule has 0 aliphatic heterocycles. The first-order valence-electron chi connectivity index (χ1n) is 7.24. The maximum atomic E-state index is 10.8. The number of nitrogens with zero attached hydrogens (tertiary/aromatic N) is 2. The lowest BCUT2D eigenvalue weighted by Gasteiger charge is -2.12. The molecule has 0 unspecified atom stereocenters. The molecule has 1 N–H and O–H groups in total. The van der Waals surface area contributed by atoms with E-state index in [1.807, 2.05) is 24.3 Å². The Labute approximate surface area is 139 Å². The lowest BCUT2D eigenvalue weighted by Crippen LogP contribution is -2.08. The molecule has 0 saturated carbocycles. The molecule has 1 heterocycles. The molecule has 0 radical (unpaired) electrons. The summed E-state index contributed by atoms with van der Waals surface area (Å²) in [6.07, 6.45) is 3.41. The average Bonchev–Trinajstić information content (AvgIpc) is 2.87. The van der Waals surface area contributed by atoms with E-state index in [2.05, 4.69) is 16.5 Å². The maximum Gasteiger partial charge on any atom is 0.303 e. The Morgan fingerprint density at radius 3 is 2.86 bits per heavy atom. The van der Waals surface area contributed by atoms with Gasteiger partial charge in [0.25, 0.3) is 0 Å².